The Morgan fingerprint density at radius 1 is 1.15 bits per heavy atom. The Kier molecular flexibility index (Phi) is 1.61. The van der Waals surface area contributed by atoms with E-state index in [0.29, 0.717) is 5.41 Å². The lowest BCUT2D eigenvalue weighted by atomic mass is 9.91. The van der Waals surface area contributed by atoms with Crippen LogP contribution >= 0.6 is 15.9 Å². The van der Waals surface area contributed by atoms with Crippen molar-refractivity contribution in [3.8, 4) is 0 Å². The quantitative estimate of drug-likeness (QED) is 0.731. The average Bonchev–Trinajstić information content (AvgIpc) is 3.00. The third-order valence-corrected chi connectivity index (χ3v) is 4.25. The van der Waals surface area contributed by atoms with E-state index in [-0.39, 0.29) is 0 Å². The van der Waals surface area contributed by atoms with Gasteiger partial charge in [-0.3, -0.25) is 0 Å². The Morgan fingerprint density at radius 3 is 2.38 bits per heavy atom. The predicted molar refractivity (Wildman–Crippen MR) is 57.8 cm³/mol. The van der Waals surface area contributed by atoms with E-state index in [1.54, 1.807) is 5.56 Å². The molecule has 1 aromatic rings. The lowest BCUT2D eigenvalue weighted by molar-refractivity contribution is 0.594. The van der Waals surface area contributed by atoms with Crippen LogP contribution in [0.4, 0.5) is 0 Å². The minimum atomic E-state index is 0.597. The summed E-state index contributed by atoms with van der Waals surface area (Å²) in [4.78, 5) is 0. The number of hydrogen-bond acceptors (Lipinski definition) is 0. The molecule has 0 nitrogen and oxygen atoms in total. The van der Waals surface area contributed by atoms with Gasteiger partial charge < -0.3 is 0 Å². The molecule has 3 rings (SSSR count). The average molecular weight is 237 g/mol. The topological polar surface area (TPSA) is 0 Å². The van der Waals surface area contributed by atoms with Crippen LogP contribution in [-0.2, 0) is 5.41 Å². The van der Waals surface area contributed by atoms with Crippen molar-refractivity contribution in [2.75, 3.05) is 0 Å². The summed E-state index contributed by atoms with van der Waals surface area (Å²) in [7, 11) is 0. The molecule has 0 unspecified atom stereocenters. The van der Waals surface area contributed by atoms with E-state index in [0.717, 1.165) is 5.92 Å². The number of hydrogen-bond donors (Lipinski definition) is 0. The van der Waals surface area contributed by atoms with Crippen LogP contribution < -0.4 is 0 Å². The van der Waals surface area contributed by atoms with Gasteiger partial charge in [-0.25, -0.2) is 0 Å². The normalized spacial score (nSPS) is 24.4. The van der Waals surface area contributed by atoms with Crippen LogP contribution in [0.15, 0.2) is 28.7 Å². The molecule has 0 aliphatic heterocycles. The highest BCUT2D eigenvalue weighted by molar-refractivity contribution is 9.10. The van der Waals surface area contributed by atoms with Gasteiger partial charge in [0, 0.05) is 4.47 Å². The number of benzene rings is 1. The Bertz CT molecular complexity index is 335. The molecular weight excluding hydrogens is 224 g/mol. The fourth-order valence-corrected chi connectivity index (χ4v) is 3.21. The molecule has 0 heterocycles. The van der Waals surface area contributed by atoms with Crippen LogP contribution in [0.3, 0.4) is 0 Å². The summed E-state index contributed by atoms with van der Waals surface area (Å²) in [6, 6.07) is 8.76. The Hall–Kier alpha value is -0.300. The van der Waals surface area contributed by atoms with E-state index in [9.17, 15) is 0 Å². The first-order valence-electron chi connectivity index (χ1n) is 5.08. The van der Waals surface area contributed by atoms with E-state index < -0.39 is 0 Å². The maximum Gasteiger partial charge on any atom is 0.0213 e. The van der Waals surface area contributed by atoms with Gasteiger partial charge >= 0.3 is 0 Å². The molecule has 0 spiro atoms. The summed E-state index contributed by atoms with van der Waals surface area (Å²) in [5.41, 5.74) is 2.16. The van der Waals surface area contributed by atoms with Gasteiger partial charge in [-0.05, 0) is 48.6 Å². The van der Waals surface area contributed by atoms with Gasteiger partial charge in [0.15, 0.2) is 0 Å². The van der Waals surface area contributed by atoms with Crippen LogP contribution in [0.5, 0.6) is 0 Å². The first kappa shape index (κ1) is 8.05. The lowest BCUT2D eigenvalue weighted by Crippen LogP contribution is -2.09. The zero-order chi connectivity index (χ0) is 8.89. The molecule has 0 bridgehead atoms. The molecule has 0 amide bonds. The van der Waals surface area contributed by atoms with Crippen molar-refractivity contribution >= 4 is 15.9 Å². The summed E-state index contributed by atoms with van der Waals surface area (Å²) in [6.45, 7) is 0. The second kappa shape index (κ2) is 2.60. The van der Waals surface area contributed by atoms with Crippen molar-refractivity contribution in [3.05, 3.63) is 34.3 Å². The molecule has 0 aromatic heterocycles. The SMILES string of the molecule is Brc1ccccc1C1(C2CC2)CC1. The molecule has 0 saturated heterocycles. The Morgan fingerprint density at radius 2 is 1.85 bits per heavy atom. The van der Waals surface area contributed by atoms with Gasteiger partial charge in [0.1, 0.15) is 0 Å². The van der Waals surface area contributed by atoms with E-state index in [4.69, 9.17) is 0 Å². The molecule has 13 heavy (non-hydrogen) atoms. The molecule has 0 N–H and O–H groups in total. The predicted octanol–water partition coefficient (Wildman–Crippen LogP) is 3.89. The first-order valence-corrected chi connectivity index (χ1v) is 5.87. The van der Waals surface area contributed by atoms with Crippen molar-refractivity contribution in [1.82, 2.24) is 0 Å². The summed E-state index contributed by atoms with van der Waals surface area (Å²) in [5.74, 6) is 1.01. The summed E-state index contributed by atoms with van der Waals surface area (Å²) in [6.07, 6.45) is 5.75. The summed E-state index contributed by atoms with van der Waals surface area (Å²) in [5, 5.41) is 0. The fourth-order valence-electron chi connectivity index (χ4n) is 2.53. The number of rotatable bonds is 2. The highest BCUT2D eigenvalue weighted by Gasteiger charge is 2.55. The van der Waals surface area contributed by atoms with Crippen LogP contribution in [0.2, 0.25) is 0 Å². The fraction of sp³-hybridized carbons (Fsp3) is 0.500. The molecular formula is C12H13Br. The Labute approximate surface area is 87.5 Å². The van der Waals surface area contributed by atoms with Gasteiger partial charge in [0.25, 0.3) is 0 Å². The van der Waals surface area contributed by atoms with Crippen LogP contribution in [0.1, 0.15) is 31.2 Å². The molecule has 0 atom stereocenters. The summed E-state index contributed by atoms with van der Waals surface area (Å²) >= 11 is 3.67. The van der Waals surface area contributed by atoms with Crippen molar-refractivity contribution in [3.63, 3.8) is 0 Å². The van der Waals surface area contributed by atoms with E-state index in [1.165, 1.54) is 30.2 Å². The monoisotopic (exact) mass is 236 g/mol. The largest absolute Gasteiger partial charge is 0.0619 e. The summed E-state index contributed by atoms with van der Waals surface area (Å²) < 4.78 is 1.32. The highest BCUT2D eigenvalue weighted by Crippen LogP contribution is 2.63. The maximum atomic E-state index is 3.67. The van der Waals surface area contributed by atoms with Crippen molar-refractivity contribution in [2.24, 2.45) is 5.92 Å². The van der Waals surface area contributed by atoms with Crippen molar-refractivity contribution < 1.29 is 0 Å². The molecule has 2 aliphatic carbocycles. The minimum Gasteiger partial charge on any atom is -0.0619 e. The maximum absolute atomic E-state index is 3.67. The van der Waals surface area contributed by atoms with Gasteiger partial charge in [0.2, 0.25) is 0 Å². The minimum absolute atomic E-state index is 0.597. The molecule has 68 valence electrons. The second-order valence-electron chi connectivity index (χ2n) is 4.41. The molecule has 2 saturated carbocycles. The molecule has 1 heteroatoms. The smallest absolute Gasteiger partial charge is 0.0213 e. The Balaban J connectivity index is 2.04. The zero-order valence-corrected chi connectivity index (χ0v) is 9.18. The zero-order valence-electron chi connectivity index (χ0n) is 7.59. The van der Waals surface area contributed by atoms with Crippen molar-refractivity contribution in [1.29, 1.82) is 0 Å². The van der Waals surface area contributed by atoms with Crippen LogP contribution in [0.25, 0.3) is 0 Å². The van der Waals surface area contributed by atoms with Crippen LogP contribution in [-0.4, -0.2) is 0 Å². The van der Waals surface area contributed by atoms with Crippen molar-refractivity contribution in [2.45, 2.75) is 31.1 Å². The van der Waals surface area contributed by atoms with Gasteiger partial charge in [-0.15, -0.1) is 0 Å². The third-order valence-electron chi connectivity index (χ3n) is 3.56. The van der Waals surface area contributed by atoms with Gasteiger partial charge in [0.05, 0.1) is 0 Å². The standard InChI is InChI=1S/C12H13Br/c13-11-4-2-1-3-10(11)12(7-8-12)9-5-6-9/h1-4,9H,5-8H2. The van der Waals surface area contributed by atoms with Gasteiger partial charge in [-0.1, -0.05) is 34.1 Å². The van der Waals surface area contributed by atoms with E-state index in [1.807, 2.05) is 0 Å². The third kappa shape index (κ3) is 1.17. The second-order valence-corrected chi connectivity index (χ2v) is 5.26. The molecule has 2 aliphatic rings. The molecule has 1 aromatic carbocycles. The van der Waals surface area contributed by atoms with Crippen LogP contribution in [0, 0.1) is 5.92 Å². The molecule has 2 fully saturated rings. The highest BCUT2D eigenvalue weighted by atomic mass is 79.9. The molecule has 0 radical (unpaired) electrons. The van der Waals surface area contributed by atoms with Gasteiger partial charge in [-0.2, -0.15) is 0 Å². The lowest BCUT2D eigenvalue weighted by Gasteiger charge is -2.16. The van der Waals surface area contributed by atoms with E-state index in [2.05, 4.69) is 40.2 Å². The number of halogens is 1. The van der Waals surface area contributed by atoms with E-state index >= 15 is 0 Å². The first-order chi connectivity index (χ1) is 6.33.